The summed E-state index contributed by atoms with van der Waals surface area (Å²) in [5, 5.41) is 0. The third-order valence-corrected chi connectivity index (χ3v) is 7.82. The van der Waals surface area contributed by atoms with E-state index >= 15 is 0 Å². The Balaban J connectivity index is 1.90. The van der Waals surface area contributed by atoms with Gasteiger partial charge in [-0.2, -0.15) is 0 Å². The van der Waals surface area contributed by atoms with Crippen LogP contribution >= 0.6 is 0 Å². The highest BCUT2D eigenvalue weighted by Crippen LogP contribution is 2.29. The Morgan fingerprint density at radius 3 is 2.23 bits per heavy atom. The number of rotatable bonds is 6. The molecule has 164 valence electrons. The Hall–Kier alpha value is -2.01. The predicted molar refractivity (Wildman–Crippen MR) is 114 cm³/mol. The molecule has 1 fully saturated rings. The number of benzene rings is 2. The number of nitrogens with zero attached hydrogens (tertiary/aromatic N) is 2. The van der Waals surface area contributed by atoms with Gasteiger partial charge in [0.05, 0.1) is 9.79 Å². The first kappa shape index (κ1) is 22.7. The molecule has 0 aliphatic carbocycles. The molecule has 1 saturated heterocycles. The number of anilines is 1. The van der Waals surface area contributed by atoms with E-state index < -0.39 is 31.7 Å². The largest absolute Gasteiger partial charge is 0.369 e. The second-order valence-electron chi connectivity index (χ2n) is 7.58. The van der Waals surface area contributed by atoms with E-state index in [0.717, 1.165) is 44.2 Å². The third kappa shape index (κ3) is 5.18. The molecule has 2 aromatic carbocycles. The minimum absolute atomic E-state index is 0.0816. The van der Waals surface area contributed by atoms with Crippen LogP contribution in [-0.4, -0.2) is 61.2 Å². The number of sulfonamides is 1. The summed E-state index contributed by atoms with van der Waals surface area (Å²) < 4.78 is 65.9. The van der Waals surface area contributed by atoms with Gasteiger partial charge in [-0.05, 0) is 55.9 Å². The van der Waals surface area contributed by atoms with Crippen molar-refractivity contribution in [3.8, 4) is 0 Å². The maximum absolute atomic E-state index is 14.0. The van der Waals surface area contributed by atoms with Crippen molar-refractivity contribution in [2.75, 3.05) is 44.4 Å². The molecular formula is C20H26FN3O4S2. The van der Waals surface area contributed by atoms with Crippen molar-refractivity contribution in [3.05, 3.63) is 53.8 Å². The number of piperazine rings is 1. The van der Waals surface area contributed by atoms with Gasteiger partial charge in [-0.1, -0.05) is 6.07 Å². The molecule has 1 atom stereocenters. The van der Waals surface area contributed by atoms with Crippen molar-refractivity contribution >= 4 is 25.5 Å². The first-order chi connectivity index (χ1) is 14.0. The molecule has 1 aliphatic heterocycles. The summed E-state index contributed by atoms with van der Waals surface area (Å²) in [6, 6.07) is 8.84. The molecule has 0 aromatic heterocycles. The molecular weight excluding hydrogens is 429 g/mol. The third-order valence-electron chi connectivity index (χ3n) is 5.18. The fraction of sp³-hybridized carbons (Fsp3) is 0.400. The van der Waals surface area contributed by atoms with Crippen LogP contribution in [0.2, 0.25) is 0 Å². The zero-order chi connectivity index (χ0) is 22.1. The van der Waals surface area contributed by atoms with Gasteiger partial charge in [0.25, 0.3) is 0 Å². The monoisotopic (exact) mass is 455 g/mol. The van der Waals surface area contributed by atoms with E-state index in [1.165, 1.54) is 30.3 Å². The molecule has 0 radical (unpaired) electrons. The molecule has 0 bridgehead atoms. The highest BCUT2D eigenvalue weighted by molar-refractivity contribution is 7.91. The van der Waals surface area contributed by atoms with Crippen LogP contribution in [0.25, 0.3) is 0 Å². The van der Waals surface area contributed by atoms with Crippen molar-refractivity contribution in [2.45, 2.75) is 22.8 Å². The van der Waals surface area contributed by atoms with Gasteiger partial charge in [0.15, 0.2) is 9.84 Å². The minimum Gasteiger partial charge on any atom is -0.369 e. The Morgan fingerprint density at radius 1 is 0.967 bits per heavy atom. The highest BCUT2D eigenvalue weighted by atomic mass is 32.2. The van der Waals surface area contributed by atoms with Crippen LogP contribution in [0.5, 0.6) is 0 Å². The summed E-state index contributed by atoms with van der Waals surface area (Å²) in [6.45, 7) is 4.87. The molecule has 3 rings (SSSR count). The van der Waals surface area contributed by atoms with Gasteiger partial charge in [0.2, 0.25) is 10.0 Å². The van der Waals surface area contributed by atoms with E-state index in [4.69, 9.17) is 0 Å². The van der Waals surface area contributed by atoms with Crippen LogP contribution in [-0.2, 0) is 19.9 Å². The summed E-state index contributed by atoms with van der Waals surface area (Å²) >= 11 is 0. The van der Waals surface area contributed by atoms with E-state index in [0.29, 0.717) is 5.56 Å². The summed E-state index contributed by atoms with van der Waals surface area (Å²) in [6.07, 6.45) is 1.02. The summed E-state index contributed by atoms with van der Waals surface area (Å²) in [5.74, 6) is -0.451. The minimum atomic E-state index is -4.02. The zero-order valence-electron chi connectivity index (χ0n) is 17.2. The maximum Gasteiger partial charge on any atom is 0.241 e. The van der Waals surface area contributed by atoms with E-state index in [1.807, 2.05) is 7.05 Å². The molecule has 10 heteroatoms. The van der Waals surface area contributed by atoms with E-state index in [9.17, 15) is 21.2 Å². The topological polar surface area (TPSA) is 86.8 Å². The Labute approximate surface area is 177 Å². The fourth-order valence-corrected chi connectivity index (χ4v) is 5.45. The smallest absolute Gasteiger partial charge is 0.241 e. The van der Waals surface area contributed by atoms with Crippen molar-refractivity contribution in [3.63, 3.8) is 0 Å². The number of nitrogens with one attached hydrogen (secondary N) is 1. The van der Waals surface area contributed by atoms with Crippen molar-refractivity contribution in [1.29, 1.82) is 0 Å². The molecule has 30 heavy (non-hydrogen) atoms. The molecule has 1 aliphatic rings. The average Bonchev–Trinajstić information content (AvgIpc) is 2.68. The van der Waals surface area contributed by atoms with Crippen molar-refractivity contribution < 1.29 is 21.2 Å². The SMILES string of the molecule is CC(NS(=O)(=O)c1cccc(S(C)(=O)=O)c1)c1cc(F)ccc1N1CCN(C)CC1. The first-order valence-electron chi connectivity index (χ1n) is 9.53. The predicted octanol–water partition coefficient (Wildman–Crippen LogP) is 2.02. The van der Waals surface area contributed by atoms with Gasteiger partial charge in [-0.3, -0.25) is 0 Å². The molecule has 0 amide bonds. The molecule has 7 nitrogen and oxygen atoms in total. The second-order valence-corrected chi connectivity index (χ2v) is 11.3. The van der Waals surface area contributed by atoms with Gasteiger partial charge in [-0.15, -0.1) is 0 Å². The van der Waals surface area contributed by atoms with Gasteiger partial charge < -0.3 is 9.80 Å². The first-order valence-corrected chi connectivity index (χ1v) is 12.9. The molecule has 0 saturated carbocycles. The lowest BCUT2D eigenvalue weighted by atomic mass is 10.0. The van der Waals surface area contributed by atoms with E-state index in [1.54, 1.807) is 13.0 Å². The van der Waals surface area contributed by atoms with Crippen LogP contribution in [0, 0.1) is 5.82 Å². The standard InChI is InChI=1S/C20H26FN3O4S2/c1-15(22-30(27,28)18-6-4-5-17(14-18)29(3,25)26)19-13-16(21)7-8-20(19)24-11-9-23(2)10-12-24/h4-8,13-15,22H,9-12H2,1-3H3. The van der Waals surface area contributed by atoms with Crippen LogP contribution < -0.4 is 9.62 Å². The zero-order valence-corrected chi connectivity index (χ0v) is 18.8. The van der Waals surface area contributed by atoms with Gasteiger partial charge in [0, 0.05) is 44.2 Å². The Kier molecular flexibility index (Phi) is 6.51. The Bertz CT molecular complexity index is 1130. The molecule has 0 spiro atoms. The average molecular weight is 456 g/mol. The van der Waals surface area contributed by atoms with Crippen LogP contribution in [0.4, 0.5) is 10.1 Å². The normalized spacial score (nSPS) is 17.1. The van der Waals surface area contributed by atoms with Gasteiger partial charge >= 0.3 is 0 Å². The van der Waals surface area contributed by atoms with Crippen molar-refractivity contribution in [2.24, 2.45) is 0 Å². The van der Waals surface area contributed by atoms with Crippen molar-refractivity contribution in [1.82, 2.24) is 9.62 Å². The lowest BCUT2D eigenvalue weighted by Gasteiger charge is -2.36. The molecule has 2 aromatic rings. The summed E-state index contributed by atoms with van der Waals surface area (Å²) in [5.41, 5.74) is 1.31. The van der Waals surface area contributed by atoms with E-state index in [-0.39, 0.29) is 9.79 Å². The molecule has 1 N–H and O–H groups in total. The van der Waals surface area contributed by atoms with Gasteiger partial charge in [-0.25, -0.2) is 25.9 Å². The lowest BCUT2D eigenvalue weighted by Crippen LogP contribution is -2.45. The second kappa shape index (κ2) is 8.62. The van der Waals surface area contributed by atoms with Crippen LogP contribution in [0.1, 0.15) is 18.5 Å². The highest BCUT2D eigenvalue weighted by Gasteiger charge is 2.24. The summed E-state index contributed by atoms with van der Waals surface area (Å²) in [4.78, 5) is 4.07. The van der Waals surface area contributed by atoms with Crippen LogP contribution in [0.3, 0.4) is 0 Å². The summed E-state index contributed by atoms with van der Waals surface area (Å²) in [7, 11) is -5.54. The Morgan fingerprint density at radius 2 is 1.60 bits per heavy atom. The molecule has 1 heterocycles. The number of sulfone groups is 1. The number of halogens is 1. The van der Waals surface area contributed by atoms with Crippen LogP contribution in [0.15, 0.2) is 52.3 Å². The molecule has 1 unspecified atom stereocenters. The quantitative estimate of drug-likeness (QED) is 0.717. The number of likely N-dealkylation sites (N-methyl/N-ethyl adjacent to an activating group) is 1. The number of hydrogen-bond acceptors (Lipinski definition) is 6. The van der Waals surface area contributed by atoms with E-state index in [2.05, 4.69) is 14.5 Å². The van der Waals surface area contributed by atoms with Gasteiger partial charge in [0.1, 0.15) is 5.82 Å². The number of hydrogen-bond donors (Lipinski definition) is 1. The maximum atomic E-state index is 14.0. The fourth-order valence-electron chi connectivity index (χ4n) is 3.44. The lowest BCUT2D eigenvalue weighted by molar-refractivity contribution is 0.312.